The fourth-order valence-electron chi connectivity index (χ4n) is 6.23. The molecule has 4 aliphatic carbocycles. The molecule has 28 heavy (non-hydrogen) atoms. The molecule has 0 saturated heterocycles. The van der Waals surface area contributed by atoms with Crippen LogP contribution in [-0.2, 0) is 5.41 Å². The lowest BCUT2D eigenvalue weighted by Crippen LogP contribution is -2.25. The Bertz CT molecular complexity index is 862. The highest BCUT2D eigenvalue weighted by Crippen LogP contribution is 2.57. The van der Waals surface area contributed by atoms with E-state index in [2.05, 4.69) is 51.1 Å². The molecule has 0 aromatic heterocycles. The number of fused-ring (bicyclic) bond motifs is 3. The first-order valence-corrected chi connectivity index (χ1v) is 11.5. The second-order valence-corrected chi connectivity index (χ2v) is 10.5. The molecule has 4 aliphatic rings. The minimum atomic E-state index is 0.112. The zero-order chi connectivity index (χ0) is 19.5. The molecule has 0 spiro atoms. The summed E-state index contributed by atoms with van der Waals surface area (Å²) < 4.78 is 0. The van der Waals surface area contributed by atoms with E-state index in [0.717, 1.165) is 36.2 Å². The van der Waals surface area contributed by atoms with Gasteiger partial charge in [0.05, 0.1) is 0 Å². The average molecular weight is 375 g/mol. The van der Waals surface area contributed by atoms with E-state index in [1.807, 2.05) is 0 Å². The monoisotopic (exact) mass is 374 g/mol. The van der Waals surface area contributed by atoms with Crippen molar-refractivity contribution < 1.29 is 4.79 Å². The number of ketones is 1. The molecule has 0 N–H and O–H groups in total. The number of rotatable bonds is 5. The van der Waals surface area contributed by atoms with Crippen molar-refractivity contribution in [3.05, 3.63) is 52.6 Å². The molecule has 148 valence electrons. The average Bonchev–Trinajstić information content (AvgIpc) is 3.12. The maximum absolute atomic E-state index is 12.9. The predicted molar refractivity (Wildman–Crippen MR) is 116 cm³/mol. The maximum atomic E-state index is 12.9. The minimum absolute atomic E-state index is 0.112. The highest BCUT2D eigenvalue weighted by atomic mass is 16.1. The van der Waals surface area contributed by atoms with Crippen LogP contribution in [0.5, 0.6) is 0 Å². The van der Waals surface area contributed by atoms with Gasteiger partial charge in [0.15, 0.2) is 5.78 Å². The maximum Gasteiger partial charge on any atom is 0.162 e. The number of benzene rings is 1. The van der Waals surface area contributed by atoms with E-state index in [1.165, 1.54) is 55.2 Å². The van der Waals surface area contributed by atoms with Gasteiger partial charge in [-0.05, 0) is 71.1 Å². The molecule has 0 aliphatic heterocycles. The summed E-state index contributed by atoms with van der Waals surface area (Å²) in [6.45, 7) is 7.16. The summed E-state index contributed by atoms with van der Waals surface area (Å²) in [4.78, 5) is 12.9. The van der Waals surface area contributed by atoms with Crippen LogP contribution in [0, 0.1) is 23.7 Å². The molecule has 1 aromatic carbocycles. The zero-order valence-electron chi connectivity index (χ0n) is 17.8. The highest BCUT2D eigenvalue weighted by molar-refractivity contribution is 5.97. The Morgan fingerprint density at radius 2 is 1.89 bits per heavy atom. The summed E-state index contributed by atoms with van der Waals surface area (Å²) in [6.07, 6.45) is 14.6. The van der Waals surface area contributed by atoms with E-state index < -0.39 is 0 Å². The van der Waals surface area contributed by atoms with Crippen LogP contribution in [0.25, 0.3) is 5.57 Å². The van der Waals surface area contributed by atoms with Crippen LogP contribution in [0.2, 0.25) is 0 Å². The number of allylic oxidation sites excluding steroid dienone is 4. The molecule has 5 rings (SSSR count). The molecule has 1 aromatic rings. The molecule has 1 heteroatoms. The number of hydrogen-bond acceptors (Lipinski definition) is 1. The fraction of sp³-hybridized carbons (Fsp3) is 0.593. The summed E-state index contributed by atoms with van der Waals surface area (Å²) in [7, 11) is 0. The molecule has 0 amide bonds. The van der Waals surface area contributed by atoms with Crippen LogP contribution in [0.3, 0.4) is 0 Å². The zero-order valence-corrected chi connectivity index (χ0v) is 17.8. The van der Waals surface area contributed by atoms with Gasteiger partial charge in [-0.15, -0.1) is 0 Å². The Kier molecular flexibility index (Phi) is 4.41. The standard InChI is InChI=1S/C27H34O/c1-17-14-23(17)19-9-11-21-22-12-10-20(16-25(22)27(2,3)24(21)15-19)26(28)13-8-18-6-4-5-7-18/h9-12,16-18,23-24H,4-8,13-15H2,1-3H3/t17?,23-,24?/m0/s1. The van der Waals surface area contributed by atoms with Crippen LogP contribution >= 0.6 is 0 Å². The normalized spacial score (nSPS) is 30.5. The van der Waals surface area contributed by atoms with Crippen molar-refractivity contribution >= 4 is 11.4 Å². The van der Waals surface area contributed by atoms with E-state index >= 15 is 0 Å². The quantitative estimate of drug-likeness (QED) is 0.502. The largest absolute Gasteiger partial charge is 0.294 e. The van der Waals surface area contributed by atoms with Gasteiger partial charge >= 0.3 is 0 Å². The number of hydrogen-bond donors (Lipinski definition) is 0. The van der Waals surface area contributed by atoms with E-state index in [-0.39, 0.29) is 5.41 Å². The van der Waals surface area contributed by atoms with Crippen molar-refractivity contribution in [2.24, 2.45) is 23.7 Å². The van der Waals surface area contributed by atoms with Crippen LogP contribution in [0.4, 0.5) is 0 Å². The van der Waals surface area contributed by atoms with Crippen LogP contribution < -0.4 is 0 Å². The molecule has 3 atom stereocenters. The molecule has 1 nitrogen and oxygen atoms in total. The summed E-state index contributed by atoms with van der Waals surface area (Å²) in [5.41, 5.74) is 7.00. The van der Waals surface area contributed by atoms with Crippen molar-refractivity contribution in [2.75, 3.05) is 0 Å². The third-order valence-electron chi connectivity index (χ3n) is 8.35. The van der Waals surface area contributed by atoms with Gasteiger partial charge < -0.3 is 0 Å². The van der Waals surface area contributed by atoms with Crippen molar-refractivity contribution in [2.45, 2.75) is 77.6 Å². The molecule has 2 unspecified atom stereocenters. The third kappa shape index (κ3) is 3.02. The molecule has 2 fully saturated rings. The van der Waals surface area contributed by atoms with Gasteiger partial charge in [0, 0.05) is 12.0 Å². The lowest BCUT2D eigenvalue weighted by atomic mass is 9.72. The van der Waals surface area contributed by atoms with Crippen LogP contribution in [0.1, 0.15) is 93.6 Å². The lowest BCUT2D eigenvalue weighted by molar-refractivity contribution is 0.0973. The summed E-state index contributed by atoms with van der Waals surface area (Å²) >= 11 is 0. The number of carbonyl (C=O) groups excluding carboxylic acids is 1. The van der Waals surface area contributed by atoms with Gasteiger partial charge in [-0.1, -0.05) is 76.3 Å². The van der Waals surface area contributed by atoms with Gasteiger partial charge in [-0.2, -0.15) is 0 Å². The third-order valence-corrected chi connectivity index (χ3v) is 8.35. The number of carbonyl (C=O) groups is 1. The fourth-order valence-corrected chi connectivity index (χ4v) is 6.23. The van der Waals surface area contributed by atoms with Crippen LogP contribution in [0.15, 0.2) is 35.9 Å². The van der Waals surface area contributed by atoms with Crippen molar-refractivity contribution in [3.8, 4) is 0 Å². The minimum Gasteiger partial charge on any atom is -0.294 e. The smallest absolute Gasteiger partial charge is 0.162 e. The van der Waals surface area contributed by atoms with Crippen LogP contribution in [-0.4, -0.2) is 5.78 Å². The molecule has 0 radical (unpaired) electrons. The molecular weight excluding hydrogens is 340 g/mol. The van der Waals surface area contributed by atoms with Gasteiger partial charge in [-0.25, -0.2) is 0 Å². The highest BCUT2D eigenvalue weighted by Gasteiger charge is 2.46. The van der Waals surface area contributed by atoms with Gasteiger partial charge in [0.1, 0.15) is 0 Å². The molecule has 2 saturated carbocycles. The Morgan fingerprint density at radius 1 is 1.14 bits per heavy atom. The SMILES string of the molecule is CC1C[C@@H]1C1=CC=C2c3ccc(C(=O)CCC4CCCC4)cc3C(C)(C)C2C1. The number of Topliss-reactive ketones (excluding diaryl/α,β-unsaturated/α-hetero) is 1. The molecule has 0 heterocycles. The predicted octanol–water partition coefficient (Wildman–Crippen LogP) is 7.12. The first kappa shape index (κ1) is 18.4. The Labute approximate surface area is 170 Å². The van der Waals surface area contributed by atoms with E-state index in [9.17, 15) is 4.79 Å². The summed E-state index contributed by atoms with van der Waals surface area (Å²) in [5, 5.41) is 0. The second-order valence-electron chi connectivity index (χ2n) is 10.5. The Hall–Kier alpha value is -1.63. The molecule has 0 bridgehead atoms. The Morgan fingerprint density at radius 3 is 2.61 bits per heavy atom. The van der Waals surface area contributed by atoms with Crippen molar-refractivity contribution in [3.63, 3.8) is 0 Å². The second kappa shape index (κ2) is 6.71. The van der Waals surface area contributed by atoms with Gasteiger partial charge in [0.25, 0.3) is 0 Å². The first-order chi connectivity index (χ1) is 13.4. The molecular formula is C27H34O. The van der Waals surface area contributed by atoms with Crippen molar-refractivity contribution in [1.82, 2.24) is 0 Å². The summed E-state index contributed by atoms with van der Waals surface area (Å²) in [5.74, 6) is 3.40. The van der Waals surface area contributed by atoms with E-state index in [4.69, 9.17) is 0 Å². The van der Waals surface area contributed by atoms with E-state index in [0.29, 0.717) is 11.7 Å². The van der Waals surface area contributed by atoms with Crippen molar-refractivity contribution in [1.29, 1.82) is 0 Å². The first-order valence-electron chi connectivity index (χ1n) is 11.5. The topological polar surface area (TPSA) is 17.1 Å². The van der Waals surface area contributed by atoms with Gasteiger partial charge in [0.2, 0.25) is 0 Å². The summed E-state index contributed by atoms with van der Waals surface area (Å²) in [6, 6.07) is 6.58. The lowest BCUT2D eigenvalue weighted by Gasteiger charge is -2.31. The Balaban J connectivity index is 1.38. The van der Waals surface area contributed by atoms with Gasteiger partial charge in [-0.3, -0.25) is 4.79 Å². The van der Waals surface area contributed by atoms with E-state index in [1.54, 1.807) is 5.57 Å².